The van der Waals surface area contributed by atoms with Gasteiger partial charge in [0.2, 0.25) is 0 Å². The van der Waals surface area contributed by atoms with Crippen LogP contribution in [0.15, 0.2) is 54.6 Å². The minimum absolute atomic E-state index is 0.0399. The number of piperidine rings is 1. The van der Waals surface area contributed by atoms with Gasteiger partial charge in [-0.2, -0.15) is 9.91 Å². The summed E-state index contributed by atoms with van der Waals surface area (Å²) in [6, 6.07) is 17.9. The van der Waals surface area contributed by atoms with E-state index in [0.717, 1.165) is 11.1 Å². The molecule has 1 unspecified atom stereocenters. The maximum atomic E-state index is 13.4. The van der Waals surface area contributed by atoms with Crippen molar-refractivity contribution < 1.29 is 24.1 Å². The van der Waals surface area contributed by atoms with E-state index in [2.05, 4.69) is 6.07 Å². The standard InChI is InChI=1S/C26H29FN2O3/c1-19-17-29(32,16-15-26(19,24(30)31)21-5-3-2-4-6-21)23-11-13-25(18-28,14-12-23)20-7-9-22(27)10-8-20/h2-10,19,23,32H,11-17H2,1H3/p+1/t19-,23?,25?,26-,29?/m1/s1. The second kappa shape index (κ2) is 8.31. The molecule has 0 aromatic heterocycles. The van der Waals surface area contributed by atoms with E-state index in [-0.39, 0.29) is 22.4 Å². The first kappa shape index (κ1) is 22.4. The molecule has 2 aromatic rings. The Balaban J connectivity index is 1.52. The van der Waals surface area contributed by atoms with Gasteiger partial charge in [0.15, 0.2) is 0 Å². The van der Waals surface area contributed by atoms with E-state index in [4.69, 9.17) is 0 Å². The molecule has 32 heavy (non-hydrogen) atoms. The molecular formula is C26H30FN2O3+. The van der Waals surface area contributed by atoms with Crippen LogP contribution in [0.3, 0.4) is 0 Å². The van der Waals surface area contributed by atoms with Gasteiger partial charge in [0.25, 0.3) is 0 Å². The van der Waals surface area contributed by atoms with Crippen molar-refractivity contribution in [1.29, 1.82) is 5.26 Å². The molecule has 2 aliphatic rings. The zero-order valence-electron chi connectivity index (χ0n) is 18.4. The molecule has 0 amide bonds. The van der Waals surface area contributed by atoms with Crippen LogP contribution in [0.1, 0.15) is 50.2 Å². The molecule has 1 saturated heterocycles. The molecule has 1 saturated carbocycles. The van der Waals surface area contributed by atoms with E-state index in [1.807, 2.05) is 37.3 Å². The summed E-state index contributed by atoms with van der Waals surface area (Å²) in [4.78, 5) is 12.4. The first-order valence-electron chi connectivity index (χ1n) is 11.3. The van der Waals surface area contributed by atoms with Crippen molar-refractivity contribution in [3.8, 4) is 6.07 Å². The van der Waals surface area contributed by atoms with Crippen LogP contribution in [0.2, 0.25) is 0 Å². The molecule has 3 atom stereocenters. The van der Waals surface area contributed by atoms with E-state index in [1.165, 1.54) is 12.1 Å². The predicted molar refractivity (Wildman–Crippen MR) is 117 cm³/mol. The van der Waals surface area contributed by atoms with Crippen LogP contribution in [0, 0.1) is 23.1 Å². The maximum absolute atomic E-state index is 13.4. The van der Waals surface area contributed by atoms with Gasteiger partial charge in [-0.1, -0.05) is 49.4 Å². The summed E-state index contributed by atoms with van der Waals surface area (Å²) in [7, 11) is 0. The lowest BCUT2D eigenvalue weighted by atomic mass is 9.65. The van der Waals surface area contributed by atoms with Crippen LogP contribution >= 0.6 is 0 Å². The van der Waals surface area contributed by atoms with Gasteiger partial charge in [0.1, 0.15) is 30.4 Å². The Bertz CT molecular complexity index is 1010. The van der Waals surface area contributed by atoms with E-state index >= 15 is 0 Å². The molecule has 0 radical (unpaired) electrons. The molecule has 168 valence electrons. The number of hydrogen-bond donors (Lipinski definition) is 2. The smallest absolute Gasteiger partial charge is 0.314 e. The maximum Gasteiger partial charge on any atom is 0.314 e. The largest absolute Gasteiger partial charge is 0.481 e. The minimum Gasteiger partial charge on any atom is -0.481 e. The number of aliphatic carboxylic acids is 1. The molecule has 1 heterocycles. The molecule has 5 nitrogen and oxygen atoms in total. The van der Waals surface area contributed by atoms with Crippen LogP contribution in [0.4, 0.5) is 4.39 Å². The van der Waals surface area contributed by atoms with Gasteiger partial charge in [0.05, 0.1) is 11.5 Å². The van der Waals surface area contributed by atoms with Gasteiger partial charge < -0.3 is 5.11 Å². The van der Waals surface area contributed by atoms with Crippen LogP contribution in [-0.2, 0) is 15.6 Å². The number of quaternary nitrogens is 1. The van der Waals surface area contributed by atoms with E-state index in [0.29, 0.717) is 45.2 Å². The zero-order chi connectivity index (χ0) is 23.0. The van der Waals surface area contributed by atoms with Gasteiger partial charge in [-0.05, 0) is 36.1 Å². The SMILES string of the molecule is C[C@@H]1C[N+](O)(C2CCC(C#N)(c3ccc(F)cc3)CC2)CC[C@]1(C(=O)O)c1ccccc1. The molecule has 2 N–H and O–H groups in total. The fourth-order valence-electron chi connectivity index (χ4n) is 6.08. The molecular weight excluding hydrogens is 407 g/mol. The minimum atomic E-state index is -1.01. The fraction of sp³-hybridized carbons (Fsp3) is 0.462. The number of likely N-dealkylation sites (tertiary alicyclic amines) is 1. The van der Waals surface area contributed by atoms with Gasteiger partial charge in [-0.3, -0.25) is 4.79 Å². The van der Waals surface area contributed by atoms with E-state index in [1.54, 1.807) is 12.1 Å². The van der Waals surface area contributed by atoms with Gasteiger partial charge in [-0.25, -0.2) is 9.60 Å². The summed E-state index contributed by atoms with van der Waals surface area (Å²) in [6.07, 6.45) is 2.88. The Kier molecular flexibility index (Phi) is 5.83. The van der Waals surface area contributed by atoms with Crippen LogP contribution < -0.4 is 0 Å². The highest BCUT2D eigenvalue weighted by molar-refractivity contribution is 5.82. The van der Waals surface area contributed by atoms with Crippen molar-refractivity contribution in [1.82, 2.24) is 0 Å². The quantitative estimate of drug-likeness (QED) is 0.674. The summed E-state index contributed by atoms with van der Waals surface area (Å²) in [6.45, 7) is 2.65. The Morgan fingerprint density at radius 3 is 2.22 bits per heavy atom. The van der Waals surface area contributed by atoms with Gasteiger partial charge in [-0.15, -0.1) is 0 Å². The number of hydrogen-bond acceptors (Lipinski definition) is 3. The monoisotopic (exact) mass is 437 g/mol. The van der Waals surface area contributed by atoms with Crippen LogP contribution in [0.5, 0.6) is 0 Å². The second-order valence-corrected chi connectivity index (χ2v) is 9.62. The number of benzene rings is 2. The number of carboxylic acid groups (broad SMARTS) is 1. The number of hydroxylamine groups is 3. The normalized spacial score (nSPS) is 35.1. The third kappa shape index (κ3) is 3.60. The lowest BCUT2D eigenvalue weighted by Gasteiger charge is -2.50. The summed E-state index contributed by atoms with van der Waals surface area (Å²) in [5.41, 5.74) is -0.0649. The predicted octanol–water partition coefficient (Wildman–Crippen LogP) is 4.80. The Morgan fingerprint density at radius 2 is 1.69 bits per heavy atom. The Morgan fingerprint density at radius 1 is 1.06 bits per heavy atom. The topological polar surface area (TPSA) is 81.3 Å². The van der Waals surface area contributed by atoms with Crippen molar-refractivity contribution >= 4 is 5.97 Å². The van der Waals surface area contributed by atoms with Gasteiger partial charge >= 0.3 is 5.97 Å². The van der Waals surface area contributed by atoms with Crippen molar-refractivity contribution in [3.05, 3.63) is 71.5 Å². The average Bonchev–Trinajstić information content (AvgIpc) is 2.80. The third-order valence-corrected chi connectivity index (χ3v) is 8.09. The van der Waals surface area contributed by atoms with Crippen molar-refractivity contribution in [2.75, 3.05) is 13.1 Å². The summed E-state index contributed by atoms with van der Waals surface area (Å²) in [5, 5.41) is 31.7. The lowest BCUT2D eigenvalue weighted by molar-refractivity contribution is -1.13. The molecule has 2 aromatic carbocycles. The van der Waals surface area contributed by atoms with Crippen molar-refractivity contribution in [2.45, 2.75) is 55.9 Å². The Hall–Kier alpha value is -2.75. The van der Waals surface area contributed by atoms with Crippen LogP contribution in [-0.4, -0.2) is 40.1 Å². The number of nitrogens with zero attached hydrogens (tertiary/aromatic N) is 2. The fourth-order valence-corrected chi connectivity index (χ4v) is 6.08. The Labute approximate surface area is 188 Å². The molecule has 2 fully saturated rings. The molecule has 6 heteroatoms. The second-order valence-electron chi connectivity index (χ2n) is 9.62. The zero-order valence-corrected chi connectivity index (χ0v) is 18.4. The first-order valence-corrected chi connectivity index (χ1v) is 11.3. The molecule has 1 aliphatic heterocycles. The molecule has 1 aliphatic carbocycles. The first-order chi connectivity index (χ1) is 15.3. The highest BCUT2D eigenvalue weighted by Crippen LogP contribution is 2.47. The van der Waals surface area contributed by atoms with Gasteiger partial charge in [0, 0.05) is 25.2 Å². The molecule has 0 spiro atoms. The van der Waals surface area contributed by atoms with E-state index in [9.17, 15) is 24.8 Å². The van der Waals surface area contributed by atoms with E-state index < -0.39 is 16.8 Å². The summed E-state index contributed by atoms with van der Waals surface area (Å²) < 4.78 is 13.2. The van der Waals surface area contributed by atoms with Crippen molar-refractivity contribution in [3.63, 3.8) is 0 Å². The lowest BCUT2D eigenvalue weighted by Crippen LogP contribution is -2.65. The highest BCUT2D eigenvalue weighted by atomic mass is 19.1. The number of rotatable bonds is 4. The van der Waals surface area contributed by atoms with Crippen molar-refractivity contribution in [2.24, 2.45) is 5.92 Å². The average molecular weight is 438 g/mol. The number of carbonyl (C=O) groups is 1. The molecule has 0 bridgehead atoms. The number of carboxylic acids is 1. The highest BCUT2D eigenvalue weighted by Gasteiger charge is 2.56. The number of nitriles is 1. The third-order valence-electron chi connectivity index (χ3n) is 8.09. The summed E-state index contributed by atoms with van der Waals surface area (Å²) >= 11 is 0. The molecule has 4 rings (SSSR count). The number of halogens is 1. The van der Waals surface area contributed by atoms with Crippen LogP contribution in [0.25, 0.3) is 0 Å². The summed E-state index contributed by atoms with van der Waals surface area (Å²) in [5.74, 6) is -1.41.